The lowest BCUT2D eigenvalue weighted by Crippen LogP contribution is -2.29. The highest BCUT2D eigenvalue weighted by atomic mass is 32.2. The fraction of sp³-hybridized carbons (Fsp3) is 0.240. The molecule has 0 fully saturated rings. The lowest BCUT2D eigenvalue weighted by molar-refractivity contribution is -0.137. The van der Waals surface area contributed by atoms with Crippen LogP contribution in [-0.4, -0.2) is 27.2 Å². The summed E-state index contributed by atoms with van der Waals surface area (Å²) in [6.45, 7) is 2.13. The van der Waals surface area contributed by atoms with Crippen molar-refractivity contribution in [2.45, 2.75) is 26.2 Å². The van der Waals surface area contributed by atoms with Crippen LogP contribution in [0.5, 0.6) is 5.75 Å². The molecule has 0 saturated heterocycles. The summed E-state index contributed by atoms with van der Waals surface area (Å²) in [4.78, 5) is 12.5. The molecule has 1 amide bonds. The maximum absolute atomic E-state index is 12.9. The molecule has 0 unspecified atom stereocenters. The van der Waals surface area contributed by atoms with Crippen LogP contribution in [0.4, 0.5) is 18.9 Å². The van der Waals surface area contributed by atoms with Crippen molar-refractivity contribution in [3.05, 3.63) is 95.1 Å². The predicted octanol–water partition coefficient (Wildman–Crippen LogP) is 5.00. The van der Waals surface area contributed by atoms with Gasteiger partial charge in [-0.25, -0.2) is 8.42 Å². The first-order valence-corrected chi connectivity index (χ1v) is 12.6. The number of carbonyl (C=O) groups is 1. The van der Waals surface area contributed by atoms with Gasteiger partial charge in [0.05, 0.1) is 30.7 Å². The Morgan fingerprint density at radius 2 is 1.66 bits per heavy atom. The number of benzene rings is 3. The summed E-state index contributed by atoms with van der Waals surface area (Å²) in [5, 5.41) is 2.60. The number of hydrogen-bond acceptors (Lipinski definition) is 4. The van der Waals surface area contributed by atoms with Crippen LogP contribution in [0.1, 0.15) is 34.0 Å². The molecule has 0 heterocycles. The molecule has 186 valence electrons. The van der Waals surface area contributed by atoms with E-state index in [1.54, 1.807) is 43.3 Å². The van der Waals surface area contributed by atoms with Crippen LogP contribution < -0.4 is 14.4 Å². The summed E-state index contributed by atoms with van der Waals surface area (Å²) in [6, 6.07) is 17.9. The molecule has 3 aromatic rings. The van der Waals surface area contributed by atoms with Gasteiger partial charge < -0.3 is 10.1 Å². The van der Waals surface area contributed by atoms with Crippen LogP contribution in [0.2, 0.25) is 0 Å². The number of hydrogen-bond donors (Lipinski definition) is 1. The van der Waals surface area contributed by atoms with Crippen molar-refractivity contribution < 1.29 is 31.1 Å². The standard InChI is InChI=1S/C25H25F3N2O4S/c1-3-34-23-10-5-4-9-22(23)30(35(2,32)33)17-18-11-13-20(14-12-18)24(31)29-16-19-7-6-8-21(15-19)25(26,27)28/h4-15H,3,16-17H2,1-2H3,(H,29,31). The third-order valence-electron chi connectivity index (χ3n) is 5.08. The van der Waals surface area contributed by atoms with Gasteiger partial charge in [0.15, 0.2) is 0 Å². The number of nitrogens with one attached hydrogen (secondary N) is 1. The van der Waals surface area contributed by atoms with E-state index in [1.807, 2.05) is 0 Å². The molecule has 0 aliphatic rings. The van der Waals surface area contributed by atoms with Gasteiger partial charge in [-0.05, 0) is 54.4 Å². The van der Waals surface area contributed by atoms with E-state index in [-0.39, 0.29) is 13.1 Å². The van der Waals surface area contributed by atoms with Crippen molar-refractivity contribution >= 4 is 21.6 Å². The molecule has 0 radical (unpaired) electrons. The Morgan fingerprint density at radius 3 is 2.29 bits per heavy atom. The van der Waals surface area contributed by atoms with Crippen molar-refractivity contribution in [3.8, 4) is 5.75 Å². The molecule has 6 nitrogen and oxygen atoms in total. The minimum absolute atomic E-state index is 0.0229. The number of carbonyl (C=O) groups excluding carboxylic acids is 1. The summed E-state index contributed by atoms with van der Waals surface area (Å²) in [6.07, 6.45) is -3.36. The van der Waals surface area contributed by atoms with Gasteiger partial charge in [-0.3, -0.25) is 9.10 Å². The molecular weight excluding hydrogens is 481 g/mol. The highest BCUT2D eigenvalue weighted by Crippen LogP contribution is 2.31. The van der Waals surface area contributed by atoms with Crippen LogP contribution in [0, 0.1) is 0 Å². The van der Waals surface area contributed by atoms with E-state index in [2.05, 4.69) is 5.32 Å². The Hall–Kier alpha value is -3.53. The molecule has 10 heteroatoms. The van der Waals surface area contributed by atoms with E-state index in [4.69, 9.17) is 4.74 Å². The second-order valence-corrected chi connectivity index (χ2v) is 9.65. The third-order valence-corrected chi connectivity index (χ3v) is 6.21. The number of anilines is 1. The van der Waals surface area contributed by atoms with E-state index in [9.17, 15) is 26.4 Å². The molecule has 1 N–H and O–H groups in total. The second-order valence-electron chi connectivity index (χ2n) is 7.75. The lowest BCUT2D eigenvalue weighted by Gasteiger charge is -2.24. The highest BCUT2D eigenvalue weighted by molar-refractivity contribution is 7.92. The van der Waals surface area contributed by atoms with Crippen molar-refractivity contribution in [2.24, 2.45) is 0 Å². The maximum atomic E-state index is 12.9. The number of alkyl halides is 3. The monoisotopic (exact) mass is 506 g/mol. The van der Waals surface area contributed by atoms with Crippen LogP contribution in [0.3, 0.4) is 0 Å². The normalized spacial score (nSPS) is 11.7. The van der Waals surface area contributed by atoms with Crippen LogP contribution in [0.15, 0.2) is 72.8 Å². The third kappa shape index (κ3) is 6.98. The number of halogens is 3. The Labute approximate surface area is 202 Å². The number of para-hydroxylation sites is 2. The Morgan fingerprint density at radius 1 is 0.971 bits per heavy atom. The van der Waals surface area contributed by atoms with Gasteiger partial charge in [-0.2, -0.15) is 13.2 Å². The van der Waals surface area contributed by atoms with Crippen molar-refractivity contribution in [2.75, 3.05) is 17.2 Å². The number of amides is 1. The summed E-state index contributed by atoms with van der Waals surface area (Å²) in [7, 11) is -3.64. The maximum Gasteiger partial charge on any atom is 0.416 e. The fourth-order valence-corrected chi connectivity index (χ4v) is 4.28. The van der Waals surface area contributed by atoms with E-state index < -0.39 is 27.7 Å². The Bertz CT molecular complexity index is 1280. The second kappa shape index (κ2) is 10.8. The molecule has 3 aromatic carbocycles. The average molecular weight is 507 g/mol. The molecule has 35 heavy (non-hydrogen) atoms. The van der Waals surface area contributed by atoms with Crippen LogP contribution in [0.25, 0.3) is 0 Å². The number of ether oxygens (including phenoxy) is 1. The van der Waals surface area contributed by atoms with Gasteiger partial charge in [-0.1, -0.05) is 36.4 Å². The van der Waals surface area contributed by atoms with Gasteiger partial charge in [0.2, 0.25) is 10.0 Å². The largest absolute Gasteiger partial charge is 0.492 e. The van der Waals surface area contributed by atoms with Gasteiger partial charge in [0.25, 0.3) is 5.91 Å². The minimum Gasteiger partial charge on any atom is -0.492 e. The molecule has 0 aromatic heterocycles. The van der Waals surface area contributed by atoms with E-state index in [1.165, 1.54) is 28.6 Å². The first-order valence-electron chi connectivity index (χ1n) is 10.7. The topological polar surface area (TPSA) is 75.7 Å². The number of rotatable bonds is 9. The summed E-state index contributed by atoms with van der Waals surface area (Å²) >= 11 is 0. The van der Waals surface area contributed by atoms with E-state index in [0.29, 0.717) is 34.7 Å². The Balaban J connectivity index is 1.71. The van der Waals surface area contributed by atoms with Gasteiger partial charge >= 0.3 is 6.18 Å². The molecule has 0 spiro atoms. The Kier molecular flexibility index (Phi) is 8.06. The number of nitrogens with zero attached hydrogens (tertiary/aromatic N) is 1. The molecule has 0 saturated carbocycles. The lowest BCUT2D eigenvalue weighted by atomic mass is 10.1. The van der Waals surface area contributed by atoms with Gasteiger partial charge in [0.1, 0.15) is 5.75 Å². The molecular formula is C25H25F3N2O4S. The molecule has 0 bridgehead atoms. The summed E-state index contributed by atoms with van der Waals surface area (Å²) in [5.74, 6) is -0.0263. The smallest absolute Gasteiger partial charge is 0.416 e. The zero-order valence-electron chi connectivity index (χ0n) is 19.2. The highest BCUT2D eigenvalue weighted by Gasteiger charge is 2.30. The molecule has 0 aliphatic carbocycles. The zero-order chi connectivity index (χ0) is 25.6. The van der Waals surface area contributed by atoms with Gasteiger partial charge in [-0.15, -0.1) is 0 Å². The quantitative estimate of drug-likeness (QED) is 0.443. The average Bonchev–Trinajstić information content (AvgIpc) is 2.81. The molecule has 0 atom stereocenters. The first-order chi connectivity index (χ1) is 16.5. The summed E-state index contributed by atoms with van der Waals surface area (Å²) in [5.41, 5.74) is 0.869. The molecule has 3 rings (SSSR count). The van der Waals surface area contributed by atoms with Crippen molar-refractivity contribution in [1.82, 2.24) is 5.32 Å². The van der Waals surface area contributed by atoms with Crippen molar-refractivity contribution in [1.29, 1.82) is 0 Å². The molecule has 0 aliphatic heterocycles. The van der Waals surface area contributed by atoms with E-state index in [0.717, 1.165) is 18.4 Å². The minimum atomic E-state index is -4.46. The predicted molar refractivity (Wildman–Crippen MR) is 128 cm³/mol. The fourth-order valence-electron chi connectivity index (χ4n) is 3.39. The van der Waals surface area contributed by atoms with Gasteiger partial charge in [0, 0.05) is 12.1 Å². The van der Waals surface area contributed by atoms with Crippen LogP contribution in [-0.2, 0) is 29.3 Å². The number of sulfonamides is 1. The van der Waals surface area contributed by atoms with Crippen molar-refractivity contribution in [3.63, 3.8) is 0 Å². The first kappa shape index (κ1) is 26.1. The zero-order valence-corrected chi connectivity index (χ0v) is 20.0. The summed E-state index contributed by atoms with van der Waals surface area (Å²) < 4.78 is 70.4. The SMILES string of the molecule is CCOc1ccccc1N(Cc1ccc(C(=O)NCc2cccc(C(F)(F)F)c2)cc1)S(C)(=O)=O. The van der Waals surface area contributed by atoms with Crippen LogP contribution >= 0.6 is 0 Å². The van der Waals surface area contributed by atoms with E-state index >= 15 is 0 Å².